The third kappa shape index (κ3) is 4.21. The molecule has 0 aliphatic carbocycles. The maximum atomic E-state index is 9.07. The lowest BCUT2D eigenvalue weighted by Gasteiger charge is -2.10. The normalized spacial score (nSPS) is 12.2. The van der Waals surface area contributed by atoms with E-state index in [-0.39, 0.29) is 6.10 Å². The lowest BCUT2D eigenvalue weighted by molar-refractivity contribution is 0.169. The number of ether oxygens (including phenoxy) is 2. The second kappa shape index (κ2) is 6.30. The monoisotopic (exact) mass is 210 g/mol. The molecule has 0 amide bonds. The zero-order valence-electron chi connectivity index (χ0n) is 9.27. The molecular weight excluding hydrogens is 192 g/mol. The van der Waals surface area contributed by atoms with Crippen molar-refractivity contribution in [2.75, 3.05) is 13.7 Å². The molecule has 1 aromatic carbocycles. The number of hydrogen-bond donors (Lipinski definition) is 1. The average Bonchev–Trinajstić information content (AvgIpc) is 2.24. The maximum Gasteiger partial charge on any atom is 0.161 e. The molecule has 0 radical (unpaired) electrons. The van der Waals surface area contributed by atoms with E-state index in [4.69, 9.17) is 14.6 Å². The first-order chi connectivity index (χ1) is 7.24. The predicted molar refractivity (Wildman–Crippen MR) is 59.4 cm³/mol. The lowest BCUT2D eigenvalue weighted by Crippen LogP contribution is -2.04. The van der Waals surface area contributed by atoms with Gasteiger partial charge in [-0.25, -0.2) is 0 Å². The summed E-state index contributed by atoms with van der Waals surface area (Å²) >= 11 is 0. The first-order valence-electron chi connectivity index (χ1n) is 5.18. The van der Waals surface area contributed by atoms with Crippen LogP contribution in [0.3, 0.4) is 0 Å². The summed E-state index contributed by atoms with van der Waals surface area (Å²) in [5.74, 6) is 1.50. The van der Waals surface area contributed by atoms with Crippen LogP contribution >= 0.6 is 0 Å². The van der Waals surface area contributed by atoms with Crippen molar-refractivity contribution < 1.29 is 14.6 Å². The van der Waals surface area contributed by atoms with E-state index in [0.717, 1.165) is 24.3 Å². The highest BCUT2D eigenvalue weighted by Crippen LogP contribution is 2.25. The van der Waals surface area contributed by atoms with Gasteiger partial charge in [0.05, 0.1) is 19.8 Å². The Morgan fingerprint density at radius 2 is 1.93 bits per heavy atom. The molecule has 84 valence electrons. The topological polar surface area (TPSA) is 38.7 Å². The largest absolute Gasteiger partial charge is 0.493 e. The number of aliphatic hydroxyl groups is 1. The fourth-order valence-electron chi connectivity index (χ4n) is 1.30. The molecule has 3 nitrogen and oxygen atoms in total. The van der Waals surface area contributed by atoms with Gasteiger partial charge in [-0.15, -0.1) is 0 Å². The summed E-state index contributed by atoms with van der Waals surface area (Å²) in [7, 11) is 1.62. The average molecular weight is 210 g/mol. The Morgan fingerprint density at radius 1 is 1.27 bits per heavy atom. The molecule has 1 N–H and O–H groups in total. The molecule has 0 spiro atoms. The lowest BCUT2D eigenvalue weighted by atomic mass is 10.2. The van der Waals surface area contributed by atoms with Gasteiger partial charge in [-0.05, 0) is 31.9 Å². The molecule has 3 heteroatoms. The minimum atomic E-state index is -0.258. The second-order valence-corrected chi connectivity index (χ2v) is 3.49. The maximum absolute atomic E-state index is 9.07. The summed E-state index contributed by atoms with van der Waals surface area (Å²) in [6.45, 7) is 2.38. The molecule has 0 heterocycles. The molecule has 1 unspecified atom stereocenters. The van der Waals surface area contributed by atoms with Crippen LogP contribution in [-0.2, 0) is 0 Å². The SMILES string of the molecule is COc1ccccc1OCCCC(C)O. The molecule has 1 atom stereocenters. The van der Waals surface area contributed by atoms with Crippen LogP contribution in [0.4, 0.5) is 0 Å². The van der Waals surface area contributed by atoms with Crippen molar-refractivity contribution in [2.45, 2.75) is 25.9 Å². The second-order valence-electron chi connectivity index (χ2n) is 3.49. The van der Waals surface area contributed by atoms with Crippen molar-refractivity contribution in [3.63, 3.8) is 0 Å². The van der Waals surface area contributed by atoms with Crippen LogP contribution in [0.1, 0.15) is 19.8 Å². The zero-order chi connectivity index (χ0) is 11.1. The minimum Gasteiger partial charge on any atom is -0.493 e. The molecule has 0 bridgehead atoms. The van der Waals surface area contributed by atoms with Gasteiger partial charge >= 0.3 is 0 Å². The van der Waals surface area contributed by atoms with Crippen LogP contribution in [0.25, 0.3) is 0 Å². The number of methoxy groups -OCH3 is 1. The van der Waals surface area contributed by atoms with Crippen molar-refractivity contribution in [3.8, 4) is 11.5 Å². The minimum absolute atomic E-state index is 0.258. The Balaban J connectivity index is 2.36. The first kappa shape index (κ1) is 11.9. The van der Waals surface area contributed by atoms with Crippen LogP contribution < -0.4 is 9.47 Å². The summed E-state index contributed by atoms with van der Waals surface area (Å²) in [6.07, 6.45) is 1.34. The third-order valence-electron chi connectivity index (χ3n) is 2.09. The van der Waals surface area contributed by atoms with E-state index in [1.165, 1.54) is 0 Å². The van der Waals surface area contributed by atoms with Gasteiger partial charge in [-0.3, -0.25) is 0 Å². The Labute approximate surface area is 90.6 Å². The molecule has 0 aromatic heterocycles. The standard InChI is InChI=1S/C12H18O3/c1-10(13)6-5-9-15-12-8-4-3-7-11(12)14-2/h3-4,7-8,10,13H,5-6,9H2,1-2H3. The molecule has 15 heavy (non-hydrogen) atoms. The van der Waals surface area contributed by atoms with Gasteiger partial charge in [0.2, 0.25) is 0 Å². The van der Waals surface area contributed by atoms with E-state index in [1.54, 1.807) is 14.0 Å². The van der Waals surface area contributed by atoms with E-state index in [2.05, 4.69) is 0 Å². The molecule has 1 rings (SSSR count). The Kier molecular flexibility index (Phi) is 4.98. The highest BCUT2D eigenvalue weighted by Gasteiger charge is 2.02. The molecule has 0 aliphatic heterocycles. The van der Waals surface area contributed by atoms with Crippen LogP contribution in [0.2, 0.25) is 0 Å². The zero-order valence-corrected chi connectivity index (χ0v) is 9.27. The fourth-order valence-corrected chi connectivity index (χ4v) is 1.30. The number of benzene rings is 1. The van der Waals surface area contributed by atoms with Crippen molar-refractivity contribution in [2.24, 2.45) is 0 Å². The van der Waals surface area contributed by atoms with Gasteiger partial charge < -0.3 is 14.6 Å². The number of rotatable bonds is 6. The van der Waals surface area contributed by atoms with Gasteiger partial charge in [-0.2, -0.15) is 0 Å². The molecular formula is C12H18O3. The van der Waals surface area contributed by atoms with Crippen molar-refractivity contribution in [1.29, 1.82) is 0 Å². The number of hydrogen-bond acceptors (Lipinski definition) is 3. The Morgan fingerprint density at radius 3 is 2.53 bits per heavy atom. The molecule has 0 aliphatic rings. The Bertz CT molecular complexity index is 284. The summed E-state index contributed by atoms with van der Waals surface area (Å²) < 4.78 is 10.7. The van der Waals surface area contributed by atoms with Gasteiger partial charge in [0.15, 0.2) is 11.5 Å². The van der Waals surface area contributed by atoms with Crippen molar-refractivity contribution >= 4 is 0 Å². The van der Waals surface area contributed by atoms with Gasteiger partial charge in [0.25, 0.3) is 0 Å². The van der Waals surface area contributed by atoms with Crippen LogP contribution in [0, 0.1) is 0 Å². The van der Waals surface area contributed by atoms with Gasteiger partial charge in [0.1, 0.15) is 0 Å². The van der Waals surface area contributed by atoms with E-state index < -0.39 is 0 Å². The van der Waals surface area contributed by atoms with E-state index >= 15 is 0 Å². The molecule has 0 saturated carbocycles. The molecule has 0 fully saturated rings. The summed E-state index contributed by atoms with van der Waals surface area (Å²) in [5, 5.41) is 9.07. The number of aliphatic hydroxyl groups excluding tert-OH is 1. The van der Waals surface area contributed by atoms with Crippen LogP contribution in [0.5, 0.6) is 11.5 Å². The van der Waals surface area contributed by atoms with E-state index in [9.17, 15) is 0 Å². The summed E-state index contributed by atoms with van der Waals surface area (Å²) in [4.78, 5) is 0. The summed E-state index contributed by atoms with van der Waals surface area (Å²) in [5.41, 5.74) is 0. The smallest absolute Gasteiger partial charge is 0.161 e. The van der Waals surface area contributed by atoms with E-state index in [0.29, 0.717) is 6.61 Å². The summed E-state index contributed by atoms with van der Waals surface area (Å²) in [6, 6.07) is 7.55. The van der Waals surface area contributed by atoms with Crippen molar-refractivity contribution in [3.05, 3.63) is 24.3 Å². The Hall–Kier alpha value is -1.22. The van der Waals surface area contributed by atoms with Gasteiger partial charge in [-0.1, -0.05) is 12.1 Å². The third-order valence-corrected chi connectivity index (χ3v) is 2.09. The van der Waals surface area contributed by atoms with Crippen molar-refractivity contribution in [1.82, 2.24) is 0 Å². The first-order valence-corrected chi connectivity index (χ1v) is 5.18. The van der Waals surface area contributed by atoms with Crippen LogP contribution in [0.15, 0.2) is 24.3 Å². The predicted octanol–water partition coefficient (Wildman–Crippen LogP) is 2.24. The molecule has 1 aromatic rings. The fraction of sp³-hybridized carbons (Fsp3) is 0.500. The van der Waals surface area contributed by atoms with E-state index in [1.807, 2.05) is 24.3 Å². The quantitative estimate of drug-likeness (QED) is 0.732. The van der Waals surface area contributed by atoms with Crippen LogP contribution in [-0.4, -0.2) is 24.9 Å². The highest BCUT2D eigenvalue weighted by molar-refractivity contribution is 5.39. The molecule has 0 saturated heterocycles. The van der Waals surface area contributed by atoms with Gasteiger partial charge in [0, 0.05) is 0 Å². The highest BCUT2D eigenvalue weighted by atomic mass is 16.5. The number of para-hydroxylation sites is 2.